The normalized spacial score (nSPS) is 44.9. The van der Waals surface area contributed by atoms with Crippen LogP contribution in [0.5, 0.6) is 0 Å². The standard InChI is InChI=1S/C23H35NO3Si/c1-21(2,3)23(26)12-17(28(5)6)13-11-15-14-7-8-16(25)19-22(14,9-10-24(15)4)18(13)20(23)27-19/h7-8,14-16,19,25-26,28H,9-12H2,1-6H3/t14-,15+,16-,19-,22-,23?/m0/s1. The molecule has 2 fully saturated rings. The van der Waals surface area contributed by atoms with Crippen LogP contribution in [0.1, 0.15) is 40.0 Å². The zero-order valence-electron chi connectivity index (χ0n) is 18.1. The molecule has 2 aliphatic heterocycles. The molecule has 0 aromatic rings. The van der Waals surface area contributed by atoms with Crippen LogP contribution in [0.25, 0.3) is 0 Å². The van der Waals surface area contributed by atoms with Crippen molar-refractivity contribution in [1.29, 1.82) is 0 Å². The van der Waals surface area contributed by atoms with Crippen molar-refractivity contribution in [3.63, 3.8) is 0 Å². The fourth-order valence-corrected chi connectivity index (χ4v) is 8.48. The maximum Gasteiger partial charge on any atom is 0.138 e. The van der Waals surface area contributed by atoms with E-state index in [2.05, 4.69) is 51.9 Å². The molecule has 1 saturated heterocycles. The topological polar surface area (TPSA) is 52.9 Å². The van der Waals surface area contributed by atoms with Gasteiger partial charge in [-0.15, -0.1) is 0 Å². The first kappa shape index (κ1) is 19.1. The van der Waals surface area contributed by atoms with E-state index in [1.165, 1.54) is 16.3 Å². The van der Waals surface area contributed by atoms with E-state index in [0.717, 1.165) is 25.1 Å². The number of hydrogen-bond donors (Lipinski definition) is 2. The summed E-state index contributed by atoms with van der Waals surface area (Å²) in [5, 5.41) is 24.6. The molecule has 2 heterocycles. The van der Waals surface area contributed by atoms with Crippen LogP contribution in [0.3, 0.4) is 0 Å². The minimum Gasteiger partial charge on any atom is -0.487 e. The number of piperidine rings is 1. The van der Waals surface area contributed by atoms with E-state index in [1.807, 2.05) is 6.08 Å². The second-order valence-corrected chi connectivity index (χ2v) is 14.1. The predicted molar refractivity (Wildman–Crippen MR) is 114 cm³/mol. The van der Waals surface area contributed by atoms with Gasteiger partial charge in [0.05, 0.1) is 8.80 Å². The number of aliphatic hydroxyl groups excluding tert-OH is 1. The Kier molecular flexibility index (Phi) is 3.84. The second kappa shape index (κ2) is 5.63. The van der Waals surface area contributed by atoms with Gasteiger partial charge in [-0.05, 0) is 37.4 Å². The molecule has 1 spiro atoms. The van der Waals surface area contributed by atoms with E-state index in [9.17, 15) is 10.2 Å². The van der Waals surface area contributed by atoms with Crippen LogP contribution < -0.4 is 0 Å². The first-order chi connectivity index (χ1) is 13.0. The molecule has 2 N–H and O–H groups in total. The first-order valence-electron chi connectivity index (χ1n) is 11.0. The van der Waals surface area contributed by atoms with Crippen LogP contribution in [0.15, 0.2) is 34.3 Å². The monoisotopic (exact) mass is 401 g/mol. The molecule has 5 aliphatic rings. The van der Waals surface area contributed by atoms with Crippen LogP contribution in [0, 0.1) is 16.7 Å². The number of aliphatic hydroxyl groups is 2. The molecule has 5 heteroatoms. The van der Waals surface area contributed by atoms with E-state index in [1.54, 1.807) is 0 Å². The Morgan fingerprint density at radius 3 is 2.61 bits per heavy atom. The zero-order valence-corrected chi connectivity index (χ0v) is 19.3. The zero-order chi connectivity index (χ0) is 20.2. The lowest BCUT2D eigenvalue weighted by Crippen LogP contribution is -2.62. The summed E-state index contributed by atoms with van der Waals surface area (Å²) in [5.74, 6) is 1.16. The number of rotatable bonds is 1. The SMILES string of the molecule is CN1CC[C@]23C4=C5O[C@H]2[C@@H](O)C=C[C@H]3[C@H]1CC4=C([SiH](C)C)CC5(O)C(C)(C)C. The molecule has 0 amide bonds. The van der Waals surface area contributed by atoms with Crippen molar-refractivity contribution < 1.29 is 14.9 Å². The summed E-state index contributed by atoms with van der Waals surface area (Å²) >= 11 is 0. The third-order valence-corrected chi connectivity index (χ3v) is 10.5. The summed E-state index contributed by atoms with van der Waals surface area (Å²) in [4.78, 5) is 2.51. The molecule has 0 aromatic heterocycles. The molecule has 0 aromatic carbocycles. The predicted octanol–water partition coefficient (Wildman–Crippen LogP) is 2.78. The van der Waals surface area contributed by atoms with Crippen LogP contribution >= 0.6 is 0 Å². The van der Waals surface area contributed by atoms with Gasteiger partial charge in [0.15, 0.2) is 0 Å². The van der Waals surface area contributed by atoms with Gasteiger partial charge >= 0.3 is 0 Å². The van der Waals surface area contributed by atoms with E-state index in [0.29, 0.717) is 18.4 Å². The maximum atomic E-state index is 12.1. The van der Waals surface area contributed by atoms with E-state index < -0.39 is 20.5 Å². The lowest BCUT2D eigenvalue weighted by Gasteiger charge is -2.59. The summed E-state index contributed by atoms with van der Waals surface area (Å²) in [5.41, 5.74) is 1.29. The molecule has 6 atom stereocenters. The molecule has 28 heavy (non-hydrogen) atoms. The van der Waals surface area contributed by atoms with Gasteiger partial charge in [0, 0.05) is 29.4 Å². The van der Waals surface area contributed by atoms with Crippen molar-refractivity contribution in [3.05, 3.63) is 34.3 Å². The van der Waals surface area contributed by atoms with Crippen molar-refractivity contribution in [1.82, 2.24) is 4.90 Å². The minimum atomic E-state index is -1.11. The molecule has 154 valence electrons. The highest BCUT2D eigenvalue weighted by atomic mass is 28.3. The maximum absolute atomic E-state index is 12.1. The second-order valence-electron chi connectivity index (χ2n) is 11.1. The van der Waals surface area contributed by atoms with Gasteiger partial charge in [-0.1, -0.05) is 51.2 Å². The van der Waals surface area contributed by atoms with Gasteiger partial charge in [-0.3, -0.25) is 0 Å². The Bertz CT molecular complexity index is 822. The Balaban J connectivity index is 1.82. The molecule has 5 rings (SSSR count). The van der Waals surface area contributed by atoms with Crippen LogP contribution in [0.4, 0.5) is 0 Å². The van der Waals surface area contributed by atoms with Crippen LogP contribution in [-0.2, 0) is 4.74 Å². The van der Waals surface area contributed by atoms with Gasteiger partial charge in [-0.2, -0.15) is 0 Å². The van der Waals surface area contributed by atoms with Gasteiger partial charge in [-0.25, -0.2) is 0 Å². The molecule has 1 unspecified atom stereocenters. The highest BCUT2D eigenvalue weighted by Crippen LogP contribution is 2.68. The van der Waals surface area contributed by atoms with E-state index in [-0.39, 0.29) is 16.9 Å². The summed E-state index contributed by atoms with van der Waals surface area (Å²) in [6.45, 7) is 12.2. The quantitative estimate of drug-likeness (QED) is 0.524. The molecule has 1 saturated carbocycles. The third kappa shape index (κ3) is 2.06. The third-order valence-electron chi connectivity index (χ3n) is 8.59. The summed E-state index contributed by atoms with van der Waals surface area (Å²) < 4.78 is 6.64. The van der Waals surface area contributed by atoms with Gasteiger partial charge in [0.25, 0.3) is 0 Å². The molecule has 0 radical (unpaired) electrons. The largest absolute Gasteiger partial charge is 0.487 e. The average molecular weight is 402 g/mol. The molecule has 2 bridgehead atoms. The van der Waals surface area contributed by atoms with Crippen molar-refractivity contribution in [2.45, 2.75) is 77.0 Å². The Labute approximate surface area is 170 Å². The molecule has 4 nitrogen and oxygen atoms in total. The number of hydrogen-bond acceptors (Lipinski definition) is 4. The van der Waals surface area contributed by atoms with Crippen molar-refractivity contribution in [2.24, 2.45) is 16.7 Å². The number of likely N-dealkylation sites (tertiary alicyclic amines) is 1. The van der Waals surface area contributed by atoms with Gasteiger partial charge < -0.3 is 19.8 Å². The van der Waals surface area contributed by atoms with Crippen LogP contribution in [-0.4, -0.2) is 61.4 Å². The van der Waals surface area contributed by atoms with Gasteiger partial charge in [0.1, 0.15) is 23.6 Å². The van der Waals surface area contributed by atoms with Crippen molar-refractivity contribution >= 4 is 8.80 Å². The summed E-state index contributed by atoms with van der Waals surface area (Å²) in [6.07, 6.45) is 6.08. The fourth-order valence-electron chi connectivity index (χ4n) is 6.82. The number of ether oxygens (including phenoxy) is 1. The lowest BCUT2D eigenvalue weighted by molar-refractivity contribution is -0.117. The van der Waals surface area contributed by atoms with Gasteiger partial charge in [0.2, 0.25) is 0 Å². The highest BCUT2D eigenvalue weighted by molar-refractivity contribution is 6.64. The van der Waals surface area contributed by atoms with Crippen molar-refractivity contribution in [2.75, 3.05) is 13.6 Å². The average Bonchev–Trinajstić information content (AvgIpc) is 2.96. The lowest BCUT2D eigenvalue weighted by atomic mass is 9.50. The minimum absolute atomic E-state index is 0.178. The van der Waals surface area contributed by atoms with E-state index in [4.69, 9.17) is 4.74 Å². The van der Waals surface area contributed by atoms with E-state index >= 15 is 0 Å². The van der Waals surface area contributed by atoms with Crippen LogP contribution in [0.2, 0.25) is 13.1 Å². The Morgan fingerprint density at radius 1 is 1.25 bits per heavy atom. The van der Waals surface area contributed by atoms with Crippen molar-refractivity contribution in [3.8, 4) is 0 Å². The smallest absolute Gasteiger partial charge is 0.138 e. The Hall–Kier alpha value is -0.883. The summed E-state index contributed by atoms with van der Waals surface area (Å²) in [7, 11) is 1.14. The molecule has 3 aliphatic carbocycles. The first-order valence-corrected chi connectivity index (χ1v) is 13.8. The Morgan fingerprint density at radius 2 is 1.96 bits per heavy atom. The molecular formula is C23H35NO3Si. The highest BCUT2D eigenvalue weighted by Gasteiger charge is 2.69. The number of nitrogens with zero attached hydrogens (tertiary/aromatic N) is 1. The molecular weight excluding hydrogens is 366 g/mol. The fraction of sp³-hybridized carbons (Fsp3) is 0.739. The summed E-state index contributed by atoms with van der Waals surface area (Å²) in [6, 6.07) is 0.463.